The minimum atomic E-state index is -4.06. The number of hydrogen-bond donors (Lipinski definition) is 3. The third kappa shape index (κ3) is 8.92. The van der Waals surface area contributed by atoms with E-state index in [1.807, 2.05) is 43.3 Å². The number of benzene rings is 3. The molecule has 3 N–H and O–H groups in total. The van der Waals surface area contributed by atoms with Crippen molar-refractivity contribution in [3.8, 4) is 11.1 Å². The summed E-state index contributed by atoms with van der Waals surface area (Å²) in [6, 6.07) is 20.0. The van der Waals surface area contributed by atoms with Crippen molar-refractivity contribution in [2.75, 3.05) is 6.54 Å². The Hall–Kier alpha value is -3.20. The first-order chi connectivity index (χ1) is 18.5. The van der Waals surface area contributed by atoms with E-state index in [-0.39, 0.29) is 29.7 Å². The van der Waals surface area contributed by atoms with Gasteiger partial charge in [0.2, 0.25) is 15.9 Å². The molecule has 208 valence electrons. The van der Waals surface area contributed by atoms with Crippen LogP contribution < -0.4 is 10.0 Å². The normalized spacial score (nSPS) is 13.2. The molecule has 0 aliphatic heterocycles. The van der Waals surface area contributed by atoms with Crippen molar-refractivity contribution >= 4 is 33.5 Å². The van der Waals surface area contributed by atoms with Gasteiger partial charge < -0.3 is 10.4 Å². The summed E-state index contributed by atoms with van der Waals surface area (Å²) in [6.45, 7) is 6.36. The molecule has 0 aliphatic rings. The van der Waals surface area contributed by atoms with Crippen LogP contribution in [0.4, 0.5) is 0 Å². The number of hydrogen-bond acceptors (Lipinski definition) is 4. The van der Waals surface area contributed by atoms with E-state index >= 15 is 0 Å². The Morgan fingerprint density at radius 3 is 1.97 bits per heavy atom. The van der Waals surface area contributed by atoms with E-state index in [2.05, 4.69) is 23.9 Å². The molecular formula is C30H35ClN2O5S. The molecule has 1 amide bonds. The molecule has 0 heterocycles. The summed E-state index contributed by atoms with van der Waals surface area (Å²) in [5.41, 5.74) is 3.80. The predicted octanol–water partition coefficient (Wildman–Crippen LogP) is 5.64. The van der Waals surface area contributed by atoms with Crippen LogP contribution >= 0.6 is 11.6 Å². The first-order valence-corrected chi connectivity index (χ1v) is 14.8. The number of amides is 1. The first-order valence-electron chi connectivity index (χ1n) is 12.9. The second kappa shape index (κ2) is 13.7. The summed E-state index contributed by atoms with van der Waals surface area (Å²) in [6.07, 6.45) is 1.29. The molecule has 2 atom stereocenters. The van der Waals surface area contributed by atoms with Crippen LogP contribution in [0.5, 0.6) is 0 Å². The standard InChI is InChI=1S/C30H35ClN2O5S/c1-20(2)19-22-6-8-23(9-7-22)21(3)29(34)32-18-4-5-28(30(35)36)33-39(37,38)27-16-12-25(13-17-27)24-10-14-26(31)15-11-24/h6-17,20-21,28,33H,4-5,18-19H2,1-3H3,(H,32,34)(H,35,36)/t21?,28-/m1/s1. The van der Waals surface area contributed by atoms with Gasteiger partial charge in [-0.25, -0.2) is 8.42 Å². The molecule has 1 unspecified atom stereocenters. The lowest BCUT2D eigenvalue weighted by atomic mass is 9.96. The third-order valence-electron chi connectivity index (χ3n) is 6.42. The summed E-state index contributed by atoms with van der Waals surface area (Å²) < 4.78 is 28.0. The summed E-state index contributed by atoms with van der Waals surface area (Å²) in [7, 11) is -4.06. The van der Waals surface area contributed by atoms with Gasteiger partial charge in [0.1, 0.15) is 6.04 Å². The number of carbonyl (C=O) groups is 2. The summed E-state index contributed by atoms with van der Waals surface area (Å²) in [4.78, 5) is 24.3. The predicted molar refractivity (Wildman–Crippen MR) is 154 cm³/mol. The fourth-order valence-corrected chi connectivity index (χ4v) is 5.54. The van der Waals surface area contributed by atoms with Crippen molar-refractivity contribution in [2.45, 2.75) is 56.9 Å². The number of carboxylic acid groups (broad SMARTS) is 1. The van der Waals surface area contributed by atoms with Crippen LogP contribution in [0.3, 0.4) is 0 Å². The molecule has 0 bridgehead atoms. The molecule has 39 heavy (non-hydrogen) atoms. The fraction of sp³-hybridized carbons (Fsp3) is 0.333. The van der Waals surface area contributed by atoms with Crippen molar-refractivity contribution in [3.05, 3.63) is 88.9 Å². The maximum atomic E-state index is 12.8. The molecule has 0 spiro atoms. The molecule has 7 nitrogen and oxygen atoms in total. The summed E-state index contributed by atoms with van der Waals surface area (Å²) in [5.74, 6) is -1.25. The average molecular weight is 571 g/mol. The Bertz CT molecular complexity index is 1360. The number of sulfonamides is 1. The zero-order chi connectivity index (χ0) is 28.6. The van der Waals surface area contributed by atoms with Crippen LogP contribution in [0.2, 0.25) is 5.02 Å². The molecule has 0 aromatic heterocycles. The molecule has 3 aromatic rings. The summed E-state index contributed by atoms with van der Waals surface area (Å²) in [5, 5.41) is 13.0. The second-order valence-electron chi connectivity index (χ2n) is 10.0. The van der Waals surface area contributed by atoms with Gasteiger partial charge in [0, 0.05) is 11.6 Å². The molecule has 3 aromatic carbocycles. The molecule has 0 saturated heterocycles. The second-order valence-corrected chi connectivity index (χ2v) is 12.2. The van der Waals surface area contributed by atoms with Gasteiger partial charge >= 0.3 is 5.97 Å². The molecule has 0 aliphatic carbocycles. The van der Waals surface area contributed by atoms with Gasteiger partial charge in [-0.15, -0.1) is 0 Å². The zero-order valence-corrected chi connectivity index (χ0v) is 23.9. The maximum absolute atomic E-state index is 12.8. The highest BCUT2D eigenvalue weighted by molar-refractivity contribution is 7.89. The number of halogens is 1. The van der Waals surface area contributed by atoms with Crippen molar-refractivity contribution in [1.29, 1.82) is 0 Å². The quantitative estimate of drug-likeness (QED) is 0.230. The van der Waals surface area contributed by atoms with Gasteiger partial charge in [-0.1, -0.05) is 74.0 Å². The van der Waals surface area contributed by atoms with E-state index < -0.39 is 22.0 Å². The lowest BCUT2D eigenvalue weighted by Crippen LogP contribution is -2.41. The lowest BCUT2D eigenvalue weighted by molar-refractivity contribution is -0.139. The van der Waals surface area contributed by atoms with Crippen LogP contribution in [-0.4, -0.2) is 38.0 Å². The fourth-order valence-electron chi connectivity index (χ4n) is 4.19. The van der Waals surface area contributed by atoms with Gasteiger partial charge in [-0.3, -0.25) is 9.59 Å². The summed E-state index contributed by atoms with van der Waals surface area (Å²) >= 11 is 5.92. The van der Waals surface area contributed by atoms with Crippen LogP contribution in [0.15, 0.2) is 77.7 Å². The average Bonchev–Trinajstić information content (AvgIpc) is 2.90. The van der Waals surface area contributed by atoms with Crippen LogP contribution in [0.25, 0.3) is 11.1 Å². The lowest BCUT2D eigenvalue weighted by Gasteiger charge is -2.16. The SMILES string of the molecule is CC(C)Cc1ccc(C(C)C(=O)NCCC[C@@H](NS(=O)(=O)c2ccc(-c3ccc(Cl)cc3)cc2)C(=O)O)cc1. The van der Waals surface area contributed by atoms with E-state index in [0.29, 0.717) is 17.4 Å². The van der Waals surface area contributed by atoms with E-state index in [1.54, 1.807) is 24.3 Å². The highest BCUT2D eigenvalue weighted by Gasteiger charge is 2.25. The smallest absolute Gasteiger partial charge is 0.321 e. The van der Waals surface area contributed by atoms with Gasteiger partial charge in [0.25, 0.3) is 0 Å². The van der Waals surface area contributed by atoms with Gasteiger partial charge in [0.15, 0.2) is 0 Å². The monoisotopic (exact) mass is 570 g/mol. The largest absolute Gasteiger partial charge is 0.480 e. The maximum Gasteiger partial charge on any atom is 0.321 e. The Labute approximate surface area is 235 Å². The topological polar surface area (TPSA) is 113 Å². The van der Waals surface area contributed by atoms with Gasteiger partial charge in [-0.05, 0) is 78.6 Å². The number of nitrogens with one attached hydrogen (secondary N) is 2. The minimum absolute atomic E-state index is 0.0238. The van der Waals surface area contributed by atoms with E-state index in [0.717, 1.165) is 23.1 Å². The van der Waals surface area contributed by atoms with Gasteiger partial charge in [-0.2, -0.15) is 4.72 Å². The number of carbonyl (C=O) groups excluding carboxylic acids is 1. The molecule has 0 radical (unpaired) electrons. The van der Waals surface area contributed by atoms with Crippen molar-refractivity contribution in [1.82, 2.24) is 10.0 Å². The molecule has 3 rings (SSSR count). The Morgan fingerprint density at radius 1 is 0.872 bits per heavy atom. The van der Waals surface area contributed by atoms with Gasteiger partial charge in [0.05, 0.1) is 10.8 Å². The van der Waals surface area contributed by atoms with Crippen LogP contribution in [0.1, 0.15) is 50.7 Å². The minimum Gasteiger partial charge on any atom is -0.480 e. The van der Waals surface area contributed by atoms with E-state index in [1.165, 1.54) is 17.7 Å². The number of rotatable bonds is 13. The molecule has 9 heteroatoms. The van der Waals surface area contributed by atoms with E-state index in [4.69, 9.17) is 11.6 Å². The molecule has 0 fully saturated rings. The molecule has 0 saturated carbocycles. The van der Waals surface area contributed by atoms with Crippen LogP contribution in [-0.2, 0) is 26.0 Å². The third-order valence-corrected chi connectivity index (χ3v) is 8.16. The Balaban J connectivity index is 1.52. The Morgan fingerprint density at radius 2 is 1.44 bits per heavy atom. The van der Waals surface area contributed by atoms with E-state index in [9.17, 15) is 23.1 Å². The highest BCUT2D eigenvalue weighted by atomic mass is 35.5. The van der Waals surface area contributed by atoms with Crippen molar-refractivity contribution in [2.24, 2.45) is 5.92 Å². The zero-order valence-electron chi connectivity index (χ0n) is 22.4. The van der Waals surface area contributed by atoms with Crippen molar-refractivity contribution in [3.63, 3.8) is 0 Å². The molecular weight excluding hydrogens is 536 g/mol. The van der Waals surface area contributed by atoms with Crippen LogP contribution in [0, 0.1) is 5.92 Å². The number of aliphatic carboxylic acids is 1. The first kappa shape index (κ1) is 30.3. The number of carboxylic acids is 1. The highest BCUT2D eigenvalue weighted by Crippen LogP contribution is 2.23. The Kier molecular flexibility index (Phi) is 10.7. The van der Waals surface area contributed by atoms with Crippen molar-refractivity contribution < 1.29 is 23.1 Å².